The largest absolute Gasteiger partial charge is 0.373 e. The van der Waals surface area contributed by atoms with Gasteiger partial charge in [-0.15, -0.1) is 17.0 Å². The maximum Gasteiger partial charge on any atom is 0.0383 e. The zero-order valence-corrected chi connectivity index (χ0v) is 10.3. The van der Waals surface area contributed by atoms with E-state index in [9.17, 15) is 0 Å². The van der Waals surface area contributed by atoms with Crippen LogP contribution >= 0.6 is 17.0 Å². The second-order valence-electron chi connectivity index (χ2n) is 3.53. The molecule has 0 unspecified atom stereocenters. The molecule has 76 valence electrons. The molecule has 0 radical (unpaired) electrons. The second kappa shape index (κ2) is 7.19. The molecular formula is C11H20BrN. The van der Waals surface area contributed by atoms with Crippen molar-refractivity contribution in [3.8, 4) is 0 Å². The van der Waals surface area contributed by atoms with Crippen LogP contribution in [-0.4, -0.2) is 18.0 Å². The van der Waals surface area contributed by atoms with Gasteiger partial charge in [-0.3, -0.25) is 0 Å². The molecular weight excluding hydrogens is 226 g/mol. The number of hydrogen-bond donors (Lipinski definition) is 0. The molecule has 0 saturated carbocycles. The molecule has 0 atom stereocenters. The standard InChI is InChI=1S/C11H19N.BrH/c1-3-4-5-8-12-9-6-7-11(2)10-12;/h6-7,9H,3-5,8,10H2,1-2H3;1H. The molecule has 0 amide bonds. The van der Waals surface area contributed by atoms with E-state index in [0.29, 0.717) is 0 Å². The van der Waals surface area contributed by atoms with E-state index >= 15 is 0 Å². The summed E-state index contributed by atoms with van der Waals surface area (Å²) in [6.07, 6.45) is 10.5. The van der Waals surface area contributed by atoms with Crippen molar-refractivity contribution in [2.75, 3.05) is 13.1 Å². The van der Waals surface area contributed by atoms with Crippen molar-refractivity contribution in [1.29, 1.82) is 0 Å². The van der Waals surface area contributed by atoms with Gasteiger partial charge in [0, 0.05) is 13.1 Å². The number of hydrogen-bond acceptors (Lipinski definition) is 1. The van der Waals surface area contributed by atoms with E-state index in [1.54, 1.807) is 0 Å². The van der Waals surface area contributed by atoms with Crippen LogP contribution in [-0.2, 0) is 0 Å². The Bertz CT molecular complexity index is 185. The minimum absolute atomic E-state index is 0. The Balaban J connectivity index is 0.00000144. The van der Waals surface area contributed by atoms with Crippen molar-refractivity contribution in [2.24, 2.45) is 0 Å². The Morgan fingerprint density at radius 3 is 2.77 bits per heavy atom. The summed E-state index contributed by atoms with van der Waals surface area (Å²) in [6.45, 7) is 6.78. The fourth-order valence-electron chi connectivity index (χ4n) is 1.47. The molecule has 0 saturated heterocycles. The van der Waals surface area contributed by atoms with E-state index in [1.165, 1.54) is 31.4 Å². The molecule has 1 nitrogen and oxygen atoms in total. The molecule has 1 aliphatic heterocycles. The van der Waals surface area contributed by atoms with Crippen LogP contribution in [0.2, 0.25) is 0 Å². The highest BCUT2D eigenvalue weighted by atomic mass is 79.9. The highest BCUT2D eigenvalue weighted by Crippen LogP contribution is 2.07. The molecule has 0 spiro atoms. The van der Waals surface area contributed by atoms with Gasteiger partial charge in [-0.25, -0.2) is 0 Å². The zero-order chi connectivity index (χ0) is 8.81. The van der Waals surface area contributed by atoms with Gasteiger partial charge < -0.3 is 4.90 Å². The van der Waals surface area contributed by atoms with Gasteiger partial charge in [-0.05, 0) is 25.6 Å². The quantitative estimate of drug-likeness (QED) is 0.686. The molecule has 0 aromatic heterocycles. The number of nitrogens with zero attached hydrogens (tertiary/aromatic N) is 1. The van der Waals surface area contributed by atoms with E-state index < -0.39 is 0 Å². The Labute approximate surface area is 92.3 Å². The van der Waals surface area contributed by atoms with Crippen LogP contribution in [0.25, 0.3) is 0 Å². The second-order valence-corrected chi connectivity index (χ2v) is 3.53. The van der Waals surface area contributed by atoms with Gasteiger partial charge in [0.15, 0.2) is 0 Å². The summed E-state index contributed by atoms with van der Waals surface area (Å²) in [5.41, 5.74) is 1.47. The molecule has 0 aromatic rings. The molecule has 2 heteroatoms. The van der Waals surface area contributed by atoms with Crippen LogP contribution in [0.15, 0.2) is 23.9 Å². The Morgan fingerprint density at radius 1 is 1.38 bits per heavy atom. The van der Waals surface area contributed by atoms with Gasteiger partial charge in [0.2, 0.25) is 0 Å². The van der Waals surface area contributed by atoms with E-state index in [1.807, 2.05) is 0 Å². The summed E-state index contributed by atoms with van der Waals surface area (Å²) in [5, 5.41) is 0. The maximum absolute atomic E-state index is 2.39. The van der Waals surface area contributed by atoms with Crippen LogP contribution in [0.5, 0.6) is 0 Å². The number of unbranched alkanes of at least 4 members (excludes halogenated alkanes) is 2. The molecule has 0 bridgehead atoms. The van der Waals surface area contributed by atoms with Crippen LogP contribution in [0.4, 0.5) is 0 Å². The van der Waals surface area contributed by atoms with Crippen LogP contribution in [0, 0.1) is 0 Å². The van der Waals surface area contributed by atoms with Crippen molar-refractivity contribution in [2.45, 2.75) is 33.1 Å². The highest BCUT2D eigenvalue weighted by Gasteiger charge is 2.02. The van der Waals surface area contributed by atoms with E-state index in [4.69, 9.17) is 0 Å². The molecule has 13 heavy (non-hydrogen) atoms. The Kier molecular flexibility index (Phi) is 7.06. The van der Waals surface area contributed by atoms with E-state index in [-0.39, 0.29) is 17.0 Å². The van der Waals surface area contributed by atoms with E-state index in [2.05, 4.69) is 37.1 Å². The molecule has 1 aliphatic rings. The van der Waals surface area contributed by atoms with Gasteiger partial charge in [0.25, 0.3) is 0 Å². The van der Waals surface area contributed by atoms with Gasteiger partial charge in [0.1, 0.15) is 0 Å². The van der Waals surface area contributed by atoms with E-state index in [0.717, 1.165) is 6.54 Å². The molecule has 1 rings (SSSR count). The Morgan fingerprint density at radius 2 is 2.15 bits per heavy atom. The van der Waals surface area contributed by atoms with Gasteiger partial charge in [-0.1, -0.05) is 31.4 Å². The van der Waals surface area contributed by atoms with Gasteiger partial charge in [0.05, 0.1) is 0 Å². The van der Waals surface area contributed by atoms with Crippen LogP contribution in [0.1, 0.15) is 33.1 Å². The molecule has 0 aromatic carbocycles. The summed E-state index contributed by atoms with van der Waals surface area (Å²) in [7, 11) is 0. The van der Waals surface area contributed by atoms with Crippen LogP contribution < -0.4 is 0 Å². The lowest BCUT2D eigenvalue weighted by molar-refractivity contribution is 0.387. The third-order valence-electron chi connectivity index (χ3n) is 2.18. The number of rotatable bonds is 4. The summed E-state index contributed by atoms with van der Waals surface area (Å²) in [6, 6.07) is 0. The minimum atomic E-state index is 0. The van der Waals surface area contributed by atoms with Gasteiger partial charge in [-0.2, -0.15) is 0 Å². The first-order valence-corrected chi connectivity index (χ1v) is 4.91. The molecule has 1 heterocycles. The third-order valence-corrected chi connectivity index (χ3v) is 2.18. The van der Waals surface area contributed by atoms with Crippen molar-refractivity contribution in [3.63, 3.8) is 0 Å². The maximum atomic E-state index is 2.39. The normalized spacial score (nSPS) is 15.2. The number of halogens is 1. The van der Waals surface area contributed by atoms with Crippen molar-refractivity contribution in [1.82, 2.24) is 4.90 Å². The van der Waals surface area contributed by atoms with Crippen molar-refractivity contribution < 1.29 is 0 Å². The van der Waals surface area contributed by atoms with Crippen molar-refractivity contribution >= 4 is 17.0 Å². The first-order chi connectivity index (χ1) is 5.83. The number of allylic oxidation sites excluding steroid dienone is 2. The van der Waals surface area contributed by atoms with Gasteiger partial charge >= 0.3 is 0 Å². The summed E-state index contributed by atoms with van der Waals surface area (Å²) < 4.78 is 0. The summed E-state index contributed by atoms with van der Waals surface area (Å²) >= 11 is 0. The molecule has 0 N–H and O–H groups in total. The Hall–Kier alpha value is -0.240. The predicted molar refractivity (Wildman–Crippen MR) is 64.3 cm³/mol. The third kappa shape index (κ3) is 5.14. The zero-order valence-electron chi connectivity index (χ0n) is 8.62. The highest BCUT2D eigenvalue weighted by molar-refractivity contribution is 8.93. The molecule has 0 aliphatic carbocycles. The summed E-state index contributed by atoms with van der Waals surface area (Å²) in [5.74, 6) is 0. The lowest BCUT2D eigenvalue weighted by Crippen LogP contribution is -2.22. The lowest BCUT2D eigenvalue weighted by atomic mass is 10.2. The van der Waals surface area contributed by atoms with Crippen molar-refractivity contribution in [3.05, 3.63) is 23.9 Å². The minimum Gasteiger partial charge on any atom is -0.373 e. The molecule has 0 fully saturated rings. The fraction of sp³-hybridized carbons (Fsp3) is 0.636. The first-order valence-electron chi connectivity index (χ1n) is 4.91. The lowest BCUT2D eigenvalue weighted by Gasteiger charge is -2.22. The topological polar surface area (TPSA) is 3.24 Å². The SMILES string of the molecule is Br.CCCCCN1C=CC=C(C)C1. The monoisotopic (exact) mass is 245 g/mol. The van der Waals surface area contributed by atoms with Crippen LogP contribution in [0.3, 0.4) is 0 Å². The smallest absolute Gasteiger partial charge is 0.0383 e. The summed E-state index contributed by atoms with van der Waals surface area (Å²) in [4.78, 5) is 2.39. The fourth-order valence-corrected chi connectivity index (χ4v) is 1.47. The average Bonchev–Trinajstić information content (AvgIpc) is 2.05. The predicted octanol–water partition coefficient (Wildman–Crippen LogP) is 3.53. The first kappa shape index (κ1) is 12.8. The average molecular weight is 246 g/mol.